The fourth-order valence-electron chi connectivity index (χ4n) is 3.63. The van der Waals surface area contributed by atoms with Crippen LogP contribution in [-0.4, -0.2) is 43.0 Å². The van der Waals surface area contributed by atoms with Gasteiger partial charge in [-0.25, -0.2) is 0 Å². The minimum atomic E-state index is -0.230. The minimum Gasteiger partial charge on any atom is -0.494 e. The van der Waals surface area contributed by atoms with Gasteiger partial charge in [0.2, 0.25) is 0 Å². The lowest BCUT2D eigenvalue weighted by Crippen LogP contribution is -2.32. The summed E-state index contributed by atoms with van der Waals surface area (Å²) in [5.74, 6) is 1.13. The van der Waals surface area contributed by atoms with Crippen LogP contribution in [0.1, 0.15) is 55.1 Å². The van der Waals surface area contributed by atoms with E-state index in [1.165, 1.54) is 0 Å². The summed E-state index contributed by atoms with van der Waals surface area (Å²) < 4.78 is 11.4. The summed E-state index contributed by atoms with van der Waals surface area (Å²) in [4.78, 5) is 27.0. The molecule has 1 heterocycles. The number of likely N-dealkylation sites (tertiary alicyclic amines) is 1. The summed E-state index contributed by atoms with van der Waals surface area (Å²) in [6.45, 7) is 6.08. The topological polar surface area (TPSA) is 67.9 Å². The van der Waals surface area contributed by atoms with Crippen molar-refractivity contribution in [3.63, 3.8) is 0 Å². The number of carbonyl (C=O) groups excluding carboxylic acids is 2. The number of hydrogen-bond donors (Lipinski definition) is 1. The summed E-state index contributed by atoms with van der Waals surface area (Å²) >= 11 is 0. The lowest BCUT2D eigenvalue weighted by atomic mass is 10.0. The van der Waals surface area contributed by atoms with Gasteiger partial charge in [0.05, 0.1) is 12.6 Å². The van der Waals surface area contributed by atoms with Gasteiger partial charge in [0.1, 0.15) is 11.5 Å². The van der Waals surface area contributed by atoms with Crippen LogP contribution >= 0.6 is 0 Å². The molecule has 2 aromatic rings. The van der Waals surface area contributed by atoms with Gasteiger partial charge in [-0.15, -0.1) is 0 Å². The molecule has 30 heavy (non-hydrogen) atoms. The van der Waals surface area contributed by atoms with Crippen molar-refractivity contribution in [3.8, 4) is 11.5 Å². The molecule has 6 nitrogen and oxygen atoms in total. The van der Waals surface area contributed by atoms with Gasteiger partial charge in [0, 0.05) is 24.2 Å². The molecule has 0 radical (unpaired) electrons. The fraction of sp³-hybridized carbons (Fsp3) is 0.417. The molecule has 6 heteroatoms. The maximum Gasteiger partial charge on any atom is 0.260 e. The Balaban J connectivity index is 1.69. The SMILES string of the molecule is CCOc1cccc(C(=O)NC(CC)c2ccccc2OCC(=O)N2CCCC2)c1. The van der Waals surface area contributed by atoms with Crippen LogP contribution in [0.3, 0.4) is 0 Å². The van der Waals surface area contributed by atoms with Gasteiger partial charge in [-0.05, 0) is 50.5 Å². The number of carbonyl (C=O) groups is 2. The maximum atomic E-state index is 12.8. The molecule has 0 aromatic heterocycles. The van der Waals surface area contributed by atoms with Crippen molar-refractivity contribution in [2.45, 2.75) is 39.2 Å². The summed E-state index contributed by atoms with van der Waals surface area (Å²) in [6, 6.07) is 14.5. The Morgan fingerprint density at radius 2 is 1.80 bits per heavy atom. The number of rotatable bonds is 9. The van der Waals surface area contributed by atoms with Gasteiger partial charge < -0.3 is 19.7 Å². The third-order valence-electron chi connectivity index (χ3n) is 5.23. The first-order valence-electron chi connectivity index (χ1n) is 10.7. The van der Waals surface area contributed by atoms with Crippen LogP contribution in [0.4, 0.5) is 0 Å². The van der Waals surface area contributed by atoms with Gasteiger partial charge >= 0.3 is 0 Å². The number of benzene rings is 2. The molecule has 1 saturated heterocycles. The molecule has 3 rings (SSSR count). The third-order valence-corrected chi connectivity index (χ3v) is 5.23. The first kappa shape index (κ1) is 21.7. The summed E-state index contributed by atoms with van der Waals surface area (Å²) in [5, 5.41) is 3.08. The molecule has 1 aliphatic heterocycles. The van der Waals surface area contributed by atoms with E-state index in [1.807, 2.05) is 55.1 Å². The van der Waals surface area contributed by atoms with E-state index < -0.39 is 0 Å². The molecule has 1 N–H and O–H groups in total. The predicted molar refractivity (Wildman–Crippen MR) is 116 cm³/mol. The van der Waals surface area contributed by atoms with Crippen LogP contribution in [0.5, 0.6) is 11.5 Å². The highest BCUT2D eigenvalue weighted by Crippen LogP contribution is 2.28. The monoisotopic (exact) mass is 410 g/mol. The van der Waals surface area contributed by atoms with E-state index in [4.69, 9.17) is 9.47 Å². The van der Waals surface area contributed by atoms with Crippen LogP contribution < -0.4 is 14.8 Å². The van der Waals surface area contributed by atoms with Crippen molar-refractivity contribution in [1.29, 1.82) is 0 Å². The number of hydrogen-bond acceptors (Lipinski definition) is 4. The maximum absolute atomic E-state index is 12.8. The quantitative estimate of drug-likeness (QED) is 0.679. The molecule has 2 aromatic carbocycles. The number of nitrogens with one attached hydrogen (secondary N) is 1. The van der Waals surface area contributed by atoms with Crippen LogP contribution in [0.2, 0.25) is 0 Å². The zero-order valence-corrected chi connectivity index (χ0v) is 17.7. The number of para-hydroxylation sites is 1. The van der Waals surface area contributed by atoms with E-state index >= 15 is 0 Å². The molecule has 0 spiro atoms. The van der Waals surface area contributed by atoms with Gasteiger partial charge in [0.25, 0.3) is 11.8 Å². The van der Waals surface area contributed by atoms with E-state index in [0.717, 1.165) is 31.5 Å². The average molecular weight is 411 g/mol. The zero-order chi connectivity index (χ0) is 21.3. The molecular formula is C24H30N2O4. The Bertz CT molecular complexity index is 862. The summed E-state index contributed by atoms with van der Waals surface area (Å²) in [5.41, 5.74) is 1.41. The number of ether oxygens (including phenoxy) is 2. The molecule has 0 bridgehead atoms. The van der Waals surface area contributed by atoms with Gasteiger partial charge in [-0.2, -0.15) is 0 Å². The van der Waals surface area contributed by atoms with Crippen molar-refractivity contribution in [3.05, 3.63) is 59.7 Å². The Hall–Kier alpha value is -3.02. The smallest absolute Gasteiger partial charge is 0.260 e. The molecule has 1 fully saturated rings. The average Bonchev–Trinajstić information content (AvgIpc) is 3.31. The van der Waals surface area contributed by atoms with E-state index in [2.05, 4.69) is 5.32 Å². The molecule has 1 atom stereocenters. The highest BCUT2D eigenvalue weighted by atomic mass is 16.5. The zero-order valence-electron chi connectivity index (χ0n) is 17.7. The summed E-state index contributed by atoms with van der Waals surface area (Å²) in [7, 11) is 0. The Labute approximate surface area is 178 Å². The van der Waals surface area contributed by atoms with E-state index in [9.17, 15) is 9.59 Å². The number of amides is 2. The molecule has 0 saturated carbocycles. The lowest BCUT2D eigenvalue weighted by Gasteiger charge is -2.22. The van der Waals surface area contributed by atoms with Gasteiger partial charge in [-0.1, -0.05) is 31.2 Å². The molecule has 1 aliphatic rings. The van der Waals surface area contributed by atoms with E-state index in [-0.39, 0.29) is 24.5 Å². The van der Waals surface area contributed by atoms with Crippen LogP contribution in [0.25, 0.3) is 0 Å². The van der Waals surface area contributed by atoms with E-state index in [1.54, 1.807) is 12.1 Å². The second-order valence-corrected chi connectivity index (χ2v) is 7.31. The fourth-order valence-corrected chi connectivity index (χ4v) is 3.63. The highest BCUT2D eigenvalue weighted by molar-refractivity contribution is 5.94. The van der Waals surface area contributed by atoms with Crippen LogP contribution in [0, 0.1) is 0 Å². The Morgan fingerprint density at radius 1 is 1.03 bits per heavy atom. The molecular weight excluding hydrogens is 380 g/mol. The lowest BCUT2D eigenvalue weighted by molar-refractivity contribution is -0.132. The molecule has 2 amide bonds. The molecule has 0 aliphatic carbocycles. The van der Waals surface area contributed by atoms with Crippen molar-refractivity contribution in [2.75, 3.05) is 26.3 Å². The van der Waals surface area contributed by atoms with Crippen molar-refractivity contribution < 1.29 is 19.1 Å². The highest BCUT2D eigenvalue weighted by Gasteiger charge is 2.21. The van der Waals surface area contributed by atoms with Crippen LogP contribution in [-0.2, 0) is 4.79 Å². The minimum absolute atomic E-state index is 0.00660. The Morgan fingerprint density at radius 3 is 2.53 bits per heavy atom. The van der Waals surface area contributed by atoms with Crippen molar-refractivity contribution in [2.24, 2.45) is 0 Å². The number of nitrogens with zero attached hydrogens (tertiary/aromatic N) is 1. The van der Waals surface area contributed by atoms with Crippen molar-refractivity contribution in [1.82, 2.24) is 10.2 Å². The molecule has 160 valence electrons. The van der Waals surface area contributed by atoms with Crippen molar-refractivity contribution >= 4 is 11.8 Å². The first-order valence-corrected chi connectivity index (χ1v) is 10.7. The first-order chi connectivity index (χ1) is 14.6. The van der Waals surface area contributed by atoms with Crippen LogP contribution in [0.15, 0.2) is 48.5 Å². The predicted octanol–water partition coefficient (Wildman–Crippen LogP) is 3.97. The van der Waals surface area contributed by atoms with E-state index in [0.29, 0.717) is 30.1 Å². The largest absolute Gasteiger partial charge is 0.494 e. The standard InChI is InChI=1S/C24H30N2O4/c1-3-21(25-24(28)18-10-9-11-19(16-18)29-4-2)20-12-5-6-13-22(20)30-17-23(27)26-14-7-8-15-26/h5-6,9-13,16,21H,3-4,7-8,14-15,17H2,1-2H3,(H,25,28). The third kappa shape index (κ3) is 5.53. The van der Waals surface area contributed by atoms with Gasteiger partial charge in [-0.3, -0.25) is 9.59 Å². The van der Waals surface area contributed by atoms with Gasteiger partial charge in [0.15, 0.2) is 6.61 Å². The normalized spacial score (nSPS) is 14.3. The summed E-state index contributed by atoms with van der Waals surface area (Å²) in [6.07, 6.45) is 2.80. The molecule has 1 unspecified atom stereocenters. The Kier molecular flexibility index (Phi) is 7.71. The second-order valence-electron chi connectivity index (χ2n) is 7.31. The second kappa shape index (κ2) is 10.7.